The molecule has 8 atom stereocenters. The molecule has 5 rings (SSSR count). The van der Waals surface area contributed by atoms with E-state index in [1.807, 2.05) is 5.57 Å². The van der Waals surface area contributed by atoms with E-state index < -0.39 is 0 Å². The third kappa shape index (κ3) is 2.77. The SMILES string of the molecule is CC1(C)CCC2(C)CC[C@]3(C)C(=CCC4C5(C)CCC(O)C(C)(C)C5CCC43C)C2C1. The number of hydrogen-bond donors (Lipinski definition) is 1. The molecule has 0 radical (unpaired) electrons. The van der Waals surface area contributed by atoms with Crippen LogP contribution in [0.1, 0.15) is 120 Å². The Bertz CT molecular complexity index is 790. The zero-order valence-corrected chi connectivity index (χ0v) is 21.9. The first-order valence-corrected chi connectivity index (χ1v) is 13.6. The Morgan fingerprint density at radius 1 is 0.774 bits per heavy atom. The van der Waals surface area contributed by atoms with Crippen LogP contribution in [-0.2, 0) is 0 Å². The summed E-state index contributed by atoms with van der Waals surface area (Å²) in [7, 11) is 0. The highest BCUT2D eigenvalue weighted by Crippen LogP contribution is 2.75. The van der Waals surface area contributed by atoms with Crippen LogP contribution in [0.5, 0.6) is 0 Å². The molecule has 0 aromatic heterocycles. The van der Waals surface area contributed by atoms with Crippen molar-refractivity contribution in [2.24, 2.45) is 50.2 Å². The highest BCUT2D eigenvalue weighted by molar-refractivity contribution is 5.33. The summed E-state index contributed by atoms with van der Waals surface area (Å²) in [5.74, 6) is 2.21. The highest BCUT2D eigenvalue weighted by atomic mass is 16.3. The van der Waals surface area contributed by atoms with Gasteiger partial charge in [-0.05, 0) is 114 Å². The van der Waals surface area contributed by atoms with Crippen molar-refractivity contribution >= 4 is 0 Å². The molecule has 0 spiro atoms. The first-order chi connectivity index (χ1) is 14.2. The maximum absolute atomic E-state index is 10.9. The molecular weight excluding hydrogens is 376 g/mol. The van der Waals surface area contributed by atoms with Gasteiger partial charge in [-0.2, -0.15) is 0 Å². The Morgan fingerprint density at radius 3 is 2.16 bits per heavy atom. The molecule has 0 aromatic carbocycles. The average Bonchev–Trinajstić information content (AvgIpc) is 2.67. The molecule has 0 amide bonds. The minimum absolute atomic E-state index is 0.0533. The van der Waals surface area contributed by atoms with Crippen LogP contribution in [0.2, 0.25) is 0 Å². The quantitative estimate of drug-likeness (QED) is 0.387. The van der Waals surface area contributed by atoms with Gasteiger partial charge < -0.3 is 5.11 Å². The van der Waals surface area contributed by atoms with Crippen molar-refractivity contribution in [2.75, 3.05) is 0 Å². The minimum Gasteiger partial charge on any atom is -0.393 e. The minimum atomic E-state index is -0.125. The molecule has 4 saturated carbocycles. The van der Waals surface area contributed by atoms with E-state index in [1.165, 1.54) is 57.8 Å². The van der Waals surface area contributed by atoms with Crippen molar-refractivity contribution in [3.8, 4) is 0 Å². The van der Waals surface area contributed by atoms with Crippen LogP contribution in [0.4, 0.5) is 0 Å². The van der Waals surface area contributed by atoms with Crippen LogP contribution in [0, 0.1) is 50.2 Å². The molecule has 7 unspecified atom stereocenters. The van der Waals surface area contributed by atoms with Gasteiger partial charge in [0, 0.05) is 0 Å². The van der Waals surface area contributed by atoms with Crippen molar-refractivity contribution in [3.05, 3.63) is 11.6 Å². The molecule has 5 aliphatic rings. The summed E-state index contributed by atoms with van der Waals surface area (Å²) in [4.78, 5) is 0. The van der Waals surface area contributed by atoms with Crippen molar-refractivity contribution < 1.29 is 5.11 Å². The van der Waals surface area contributed by atoms with Crippen LogP contribution in [-0.4, -0.2) is 11.2 Å². The van der Waals surface area contributed by atoms with Gasteiger partial charge in [-0.1, -0.05) is 67.0 Å². The zero-order valence-electron chi connectivity index (χ0n) is 21.9. The van der Waals surface area contributed by atoms with Crippen LogP contribution < -0.4 is 0 Å². The fourth-order valence-electron chi connectivity index (χ4n) is 10.5. The molecule has 0 aromatic rings. The molecular formula is C30H50O. The van der Waals surface area contributed by atoms with E-state index in [0.717, 1.165) is 18.3 Å². The van der Waals surface area contributed by atoms with E-state index in [-0.39, 0.29) is 11.5 Å². The molecule has 1 N–H and O–H groups in total. The van der Waals surface area contributed by atoms with Crippen LogP contribution >= 0.6 is 0 Å². The van der Waals surface area contributed by atoms with E-state index in [0.29, 0.717) is 33.0 Å². The van der Waals surface area contributed by atoms with Gasteiger partial charge in [0.05, 0.1) is 6.10 Å². The van der Waals surface area contributed by atoms with Gasteiger partial charge in [0.1, 0.15) is 0 Å². The summed E-state index contributed by atoms with van der Waals surface area (Å²) in [6.45, 7) is 20.4. The van der Waals surface area contributed by atoms with Gasteiger partial charge in [0.25, 0.3) is 0 Å². The lowest BCUT2D eigenvalue weighted by atomic mass is 9.33. The fourth-order valence-corrected chi connectivity index (χ4v) is 10.5. The topological polar surface area (TPSA) is 20.2 Å². The molecule has 1 nitrogen and oxygen atoms in total. The Kier molecular flexibility index (Phi) is 4.66. The van der Waals surface area contributed by atoms with Gasteiger partial charge in [0.2, 0.25) is 0 Å². The second kappa shape index (κ2) is 6.43. The second-order valence-electron chi connectivity index (χ2n) is 15.2. The zero-order chi connectivity index (χ0) is 22.7. The molecule has 0 saturated heterocycles. The molecule has 0 aliphatic heterocycles. The lowest BCUT2D eigenvalue weighted by molar-refractivity contribution is -0.202. The maximum Gasteiger partial charge on any atom is 0.0594 e. The molecule has 31 heavy (non-hydrogen) atoms. The predicted molar refractivity (Wildman–Crippen MR) is 131 cm³/mol. The number of allylic oxidation sites excluding steroid dienone is 2. The lowest BCUT2D eigenvalue weighted by Crippen LogP contribution is -2.64. The predicted octanol–water partition coefficient (Wildman–Crippen LogP) is 8.17. The van der Waals surface area contributed by atoms with Crippen LogP contribution in [0.3, 0.4) is 0 Å². The summed E-state index contributed by atoms with van der Waals surface area (Å²) < 4.78 is 0. The normalized spacial score (nSPS) is 55.2. The molecule has 4 fully saturated rings. The summed E-state index contributed by atoms with van der Waals surface area (Å²) in [5.41, 5.74) is 4.09. The first-order valence-electron chi connectivity index (χ1n) is 13.6. The molecule has 176 valence electrons. The van der Waals surface area contributed by atoms with Crippen molar-refractivity contribution in [2.45, 2.75) is 126 Å². The summed E-state index contributed by atoms with van der Waals surface area (Å²) in [6.07, 6.45) is 15.9. The third-order valence-corrected chi connectivity index (χ3v) is 13.0. The van der Waals surface area contributed by atoms with E-state index in [1.54, 1.807) is 0 Å². The Balaban J connectivity index is 1.57. The molecule has 0 bridgehead atoms. The van der Waals surface area contributed by atoms with Crippen LogP contribution in [0.15, 0.2) is 11.6 Å². The molecule has 5 aliphatic carbocycles. The third-order valence-electron chi connectivity index (χ3n) is 13.0. The summed E-state index contributed by atoms with van der Waals surface area (Å²) in [6, 6.07) is 0. The van der Waals surface area contributed by atoms with Gasteiger partial charge >= 0.3 is 0 Å². The van der Waals surface area contributed by atoms with Crippen molar-refractivity contribution in [1.82, 2.24) is 0 Å². The Labute approximate surface area is 192 Å². The Morgan fingerprint density at radius 2 is 1.45 bits per heavy atom. The monoisotopic (exact) mass is 426 g/mol. The number of fused-ring (bicyclic) bond motifs is 7. The smallest absolute Gasteiger partial charge is 0.0594 e. The van der Waals surface area contributed by atoms with Gasteiger partial charge in [-0.15, -0.1) is 0 Å². The van der Waals surface area contributed by atoms with Crippen LogP contribution in [0.25, 0.3) is 0 Å². The summed E-state index contributed by atoms with van der Waals surface area (Å²) >= 11 is 0. The van der Waals surface area contributed by atoms with Gasteiger partial charge in [-0.3, -0.25) is 0 Å². The summed E-state index contributed by atoms with van der Waals surface area (Å²) in [5, 5.41) is 10.9. The first kappa shape index (κ1) is 22.5. The largest absolute Gasteiger partial charge is 0.393 e. The average molecular weight is 427 g/mol. The molecule has 0 heterocycles. The van der Waals surface area contributed by atoms with Crippen molar-refractivity contribution in [1.29, 1.82) is 0 Å². The number of aliphatic hydroxyl groups is 1. The Hall–Kier alpha value is -0.300. The maximum atomic E-state index is 10.9. The standard InChI is InChI=1S/C30H50O/c1-25(2)15-16-27(5)17-18-29(7)20(21(27)19-25)9-10-23-28(6)13-12-24(31)26(3,4)22(28)11-14-30(23,29)8/h9,21-24,31H,10-19H2,1-8H3/t21?,22?,23?,24?,27?,28?,29-,30?/m1/s1. The number of aliphatic hydroxyl groups excluding tert-OH is 1. The second-order valence-corrected chi connectivity index (χ2v) is 15.2. The highest BCUT2D eigenvalue weighted by Gasteiger charge is 2.67. The van der Waals surface area contributed by atoms with Gasteiger partial charge in [0.15, 0.2) is 0 Å². The molecule has 1 heteroatoms. The van der Waals surface area contributed by atoms with E-state index in [2.05, 4.69) is 61.5 Å². The number of rotatable bonds is 0. The van der Waals surface area contributed by atoms with E-state index >= 15 is 0 Å². The van der Waals surface area contributed by atoms with Gasteiger partial charge in [-0.25, -0.2) is 0 Å². The fraction of sp³-hybridized carbons (Fsp3) is 0.933. The number of hydrogen-bond acceptors (Lipinski definition) is 1. The van der Waals surface area contributed by atoms with E-state index in [4.69, 9.17) is 0 Å². The van der Waals surface area contributed by atoms with Crippen molar-refractivity contribution in [3.63, 3.8) is 0 Å². The lowest BCUT2D eigenvalue weighted by Gasteiger charge is -2.71. The van der Waals surface area contributed by atoms with E-state index in [9.17, 15) is 5.11 Å².